The Balaban J connectivity index is 2.55. The second-order valence-electron chi connectivity index (χ2n) is 4.09. The maximum atomic E-state index is 13.5. The largest absolute Gasteiger partial charge is 0.477 e. The maximum Gasteiger partial charge on any atom is 0.180 e. The summed E-state index contributed by atoms with van der Waals surface area (Å²) in [6, 6.07) is 3.05. The van der Waals surface area contributed by atoms with Crippen LogP contribution in [0.15, 0.2) is 16.6 Å². The van der Waals surface area contributed by atoms with Gasteiger partial charge < -0.3 is 4.74 Å². The van der Waals surface area contributed by atoms with Crippen LogP contribution in [0.2, 0.25) is 0 Å². The van der Waals surface area contributed by atoms with Crippen molar-refractivity contribution in [2.75, 3.05) is 0 Å². The van der Waals surface area contributed by atoms with Crippen LogP contribution in [0, 0.1) is 5.82 Å². The van der Waals surface area contributed by atoms with Crippen LogP contribution < -0.4 is 4.74 Å². The molecule has 0 radical (unpaired) electrons. The van der Waals surface area contributed by atoms with E-state index in [1.54, 1.807) is 19.9 Å². The van der Waals surface area contributed by atoms with E-state index < -0.39 is 11.4 Å². The summed E-state index contributed by atoms with van der Waals surface area (Å²) in [7, 11) is 0. The highest BCUT2D eigenvalue weighted by Gasteiger charge is 2.36. The summed E-state index contributed by atoms with van der Waals surface area (Å²) in [5.74, 6) is -0.268. The number of hydrogen-bond donors (Lipinski definition) is 0. The van der Waals surface area contributed by atoms with Crippen LogP contribution in [0.25, 0.3) is 0 Å². The summed E-state index contributed by atoms with van der Waals surface area (Å²) in [6.45, 7) is 3.31. The Labute approximate surface area is 95.6 Å². The maximum absolute atomic E-state index is 13.5. The number of carbonyl (C=O) groups excluding carboxylic acids is 1. The highest BCUT2D eigenvalue weighted by Crippen LogP contribution is 2.35. The minimum absolute atomic E-state index is 0.0347. The summed E-state index contributed by atoms with van der Waals surface area (Å²) in [5.41, 5.74) is -0.326. The highest BCUT2D eigenvalue weighted by molar-refractivity contribution is 9.10. The molecule has 0 amide bonds. The fraction of sp³-hybridized carbons (Fsp3) is 0.364. The molecular weight excluding hydrogens is 263 g/mol. The van der Waals surface area contributed by atoms with Gasteiger partial charge in [-0.1, -0.05) is 15.9 Å². The van der Waals surface area contributed by atoms with Crippen molar-refractivity contribution in [1.29, 1.82) is 0 Å². The monoisotopic (exact) mass is 272 g/mol. The number of carbonyl (C=O) groups is 1. The fourth-order valence-electron chi connectivity index (χ4n) is 1.56. The normalized spacial score (nSPS) is 18.3. The Morgan fingerprint density at radius 2 is 2.13 bits per heavy atom. The van der Waals surface area contributed by atoms with E-state index in [1.807, 2.05) is 0 Å². The minimum Gasteiger partial charge on any atom is -0.477 e. The van der Waals surface area contributed by atoms with Crippen molar-refractivity contribution in [3.63, 3.8) is 0 Å². The first-order valence-corrected chi connectivity index (χ1v) is 5.40. The van der Waals surface area contributed by atoms with E-state index in [-0.39, 0.29) is 18.0 Å². The molecule has 4 heteroatoms. The van der Waals surface area contributed by atoms with Crippen molar-refractivity contribution >= 4 is 21.7 Å². The number of rotatable bonds is 0. The molecule has 1 aromatic carbocycles. The summed E-state index contributed by atoms with van der Waals surface area (Å²) in [5, 5.41) is 0. The lowest BCUT2D eigenvalue weighted by Gasteiger charge is -2.31. The molecule has 2 nitrogen and oxygen atoms in total. The van der Waals surface area contributed by atoms with Gasteiger partial charge in [0.15, 0.2) is 23.0 Å². The van der Waals surface area contributed by atoms with Gasteiger partial charge >= 0.3 is 0 Å². The summed E-state index contributed by atoms with van der Waals surface area (Å²) < 4.78 is 19.5. The zero-order valence-electron chi connectivity index (χ0n) is 8.43. The third-order valence-electron chi connectivity index (χ3n) is 2.47. The highest BCUT2D eigenvalue weighted by atomic mass is 79.9. The number of Topliss-reactive ketones (excluding diaryl/α,β-unsaturated/α-hetero) is 1. The standard InChI is InChI=1S/C11H10BrFO2/c1-11(2)9(14)4-6-3-7(12)5-8(13)10(6)15-11/h3,5H,4H2,1-2H3. The molecule has 0 fully saturated rings. The Hall–Kier alpha value is -0.900. The average Bonchev–Trinajstić information content (AvgIpc) is 2.09. The lowest BCUT2D eigenvalue weighted by molar-refractivity contribution is -0.132. The zero-order chi connectivity index (χ0) is 11.2. The van der Waals surface area contributed by atoms with Crippen LogP contribution in [0.3, 0.4) is 0 Å². The van der Waals surface area contributed by atoms with E-state index in [4.69, 9.17) is 4.74 Å². The molecule has 0 atom stereocenters. The Kier molecular flexibility index (Phi) is 2.34. The van der Waals surface area contributed by atoms with E-state index in [2.05, 4.69) is 15.9 Å². The van der Waals surface area contributed by atoms with Gasteiger partial charge in [-0.3, -0.25) is 4.79 Å². The Morgan fingerprint density at radius 1 is 1.47 bits per heavy atom. The van der Waals surface area contributed by atoms with Crippen molar-refractivity contribution in [3.05, 3.63) is 28.0 Å². The van der Waals surface area contributed by atoms with Crippen molar-refractivity contribution in [2.45, 2.75) is 25.9 Å². The van der Waals surface area contributed by atoms with Gasteiger partial charge in [0.1, 0.15) is 0 Å². The van der Waals surface area contributed by atoms with Crippen LogP contribution in [-0.2, 0) is 11.2 Å². The number of fused-ring (bicyclic) bond motifs is 1. The number of hydrogen-bond acceptors (Lipinski definition) is 2. The van der Waals surface area contributed by atoms with Crippen molar-refractivity contribution in [3.8, 4) is 5.75 Å². The molecule has 1 aliphatic heterocycles. The number of halogens is 2. The SMILES string of the molecule is CC1(C)Oc2c(F)cc(Br)cc2CC1=O. The average molecular weight is 273 g/mol. The van der Waals surface area contributed by atoms with Gasteiger partial charge in [0.25, 0.3) is 0 Å². The molecule has 0 saturated heterocycles. The first kappa shape index (κ1) is 10.6. The van der Waals surface area contributed by atoms with Crippen molar-refractivity contribution in [1.82, 2.24) is 0 Å². The van der Waals surface area contributed by atoms with Crippen LogP contribution in [0.1, 0.15) is 19.4 Å². The van der Waals surface area contributed by atoms with Crippen LogP contribution in [0.4, 0.5) is 4.39 Å². The van der Waals surface area contributed by atoms with E-state index >= 15 is 0 Å². The second kappa shape index (κ2) is 3.30. The van der Waals surface area contributed by atoms with Crippen LogP contribution in [-0.4, -0.2) is 11.4 Å². The first-order chi connectivity index (χ1) is 6.90. The summed E-state index contributed by atoms with van der Waals surface area (Å²) in [4.78, 5) is 11.6. The molecule has 15 heavy (non-hydrogen) atoms. The van der Waals surface area contributed by atoms with Gasteiger partial charge in [0.05, 0.1) is 0 Å². The van der Waals surface area contributed by atoms with Gasteiger partial charge in [-0.05, 0) is 26.0 Å². The van der Waals surface area contributed by atoms with E-state index in [1.165, 1.54) is 6.07 Å². The molecule has 0 aliphatic carbocycles. The molecule has 0 aromatic heterocycles. The smallest absolute Gasteiger partial charge is 0.180 e. The number of benzene rings is 1. The second-order valence-corrected chi connectivity index (χ2v) is 5.00. The number of ketones is 1. The minimum atomic E-state index is -0.929. The molecule has 1 aliphatic rings. The first-order valence-electron chi connectivity index (χ1n) is 4.60. The van der Waals surface area contributed by atoms with E-state index in [0.717, 1.165) is 0 Å². The fourth-order valence-corrected chi connectivity index (χ4v) is 2.03. The summed E-state index contributed by atoms with van der Waals surface area (Å²) >= 11 is 3.18. The zero-order valence-corrected chi connectivity index (χ0v) is 10.0. The topological polar surface area (TPSA) is 26.3 Å². The lowest BCUT2D eigenvalue weighted by Crippen LogP contribution is -2.43. The molecular formula is C11H10BrFO2. The third-order valence-corrected chi connectivity index (χ3v) is 2.92. The lowest BCUT2D eigenvalue weighted by atomic mass is 9.93. The Bertz CT molecular complexity index is 440. The molecule has 1 heterocycles. The molecule has 0 bridgehead atoms. The van der Waals surface area contributed by atoms with Gasteiger partial charge in [-0.25, -0.2) is 4.39 Å². The van der Waals surface area contributed by atoms with Crippen LogP contribution >= 0.6 is 15.9 Å². The van der Waals surface area contributed by atoms with Crippen molar-refractivity contribution < 1.29 is 13.9 Å². The van der Waals surface area contributed by atoms with Crippen LogP contribution in [0.5, 0.6) is 5.75 Å². The van der Waals surface area contributed by atoms with E-state index in [0.29, 0.717) is 10.0 Å². The Morgan fingerprint density at radius 3 is 2.80 bits per heavy atom. The molecule has 0 unspecified atom stereocenters. The molecule has 0 spiro atoms. The van der Waals surface area contributed by atoms with Gasteiger partial charge in [-0.15, -0.1) is 0 Å². The van der Waals surface area contributed by atoms with E-state index in [9.17, 15) is 9.18 Å². The van der Waals surface area contributed by atoms with Gasteiger partial charge in [-0.2, -0.15) is 0 Å². The molecule has 0 saturated carbocycles. The predicted molar refractivity (Wildman–Crippen MR) is 57.5 cm³/mol. The predicted octanol–water partition coefficient (Wildman–Crippen LogP) is 2.87. The molecule has 80 valence electrons. The van der Waals surface area contributed by atoms with Gasteiger partial charge in [0.2, 0.25) is 0 Å². The molecule has 0 N–H and O–H groups in total. The summed E-state index contributed by atoms with van der Waals surface area (Å²) in [6.07, 6.45) is 0.221. The molecule has 2 rings (SSSR count). The van der Waals surface area contributed by atoms with Crippen molar-refractivity contribution in [2.24, 2.45) is 0 Å². The third kappa shape index (κ3) is 1.78. The molecule has 1 aromatic rings. The quantitative estimate of drug-likeness (QED) is 0.726. The number of ether oxygens (including phenoxy) is 1. The van der Waals surface area contributed by atoms with Gasteiger partial charge in [0, 0.05) is 16.5 Å².